The second-order valence-corrected chi connectivity index (χ2v) is 1.77. The number of rotatable bonds is 0. The summed E-state index contributed by atoms with van der Waals surface area (Å²) in [4.78, 5) is 7.14. The summed E-state index contributed by atoms with van der Waals surface area (Å²) in [6.07, 6.45) is 1.57. The van der Waals surface area contributed by atoms with Crippen LogP contribution in [0, 0.1) is 13.5 Å². The molecule has 1 rings (SSSR count). The van der Waals surface area contributed by atoms with E-state index in [0.717, 1.165) is 5.69 Å². The van der Waals surface area contributed by atoms with Gasteiger partial charge in [-0.3, -0.25) is 4.98 Å². The summed E-state index contributed by atoms with van der Waals surface area (Å²) in [5.74, 6) is 0. The van der Waals surface area contributed by atoms with Crippen LogP contribution in [0.3, 0.4) is 0 Å². The fourth-order valence-corrected chi connectivity index (χ4v) is 0.526. The second kappa shape index (κ2) is 5.43. The zero-order chi connectivity index (χ0) is 8.69. The largest absolute Gasteiger partial charge is 0.273 e. The third-order valence-electron chi connectivity index (χ3n) is 1.02. The van der Waals surface area contributed by atoms with Crippen LogP contribution in [-0.4, -0.2) is 4.98 Å². The number of hydrogen-bond acceptors (Lipinski definition) is 1. The predicted molar refractivity (Wildman–Crippen MR) is 46.6 cm³/mol. The zero-order valence-electron chi connectivity index (χ0n) is 7.13. The molecule has 0 saturated carbocycles. The van der Waals surface area contributed by atoms with Crippen molar-refractivity contribution >= 4 is 5.69 Å². The van der Waals surface area contributed by atoms with Crippen molar-refractivity contribution < 1.29 is 0 Å². The molecule has 0 radical (unpaired) electrons. The monoisotopic (exact) mass is 148 g/mol. The Labute approximate surface area is 67.7 Å². The molecule has 11 heavy (non-hydrogen) atoms. The lowest BCUT2D eigenvalue weighted by Crippen LogP contribution is -1.74. The van der Waals surface area contributed by atoms with Gasteiger partial charge < -0.3 is 0 Å². The summed E-state index contributed by atoms with van der Waals surface area (Å²) in [5, 5.41) is 0. The van der Waals surface area contributed by atoms with E-state index in [4.69, 9.17) is 6.57 Å². The molecule has 0 saturated heterocycles. The van der Waals surface area contributed by atoms with Gasteiger partial charge in [0.1, 0.15) is 0 Å². The molecule has 0 fully saturated rings. The molecule has 58 valence electrons. The lowest BCUT2D eigenvalue weighted by Gasteiger charge is -1.87. The quantitative estimate of drug-likeness (QED) is 0.517. The maximum Gasteiger partial charge on any atom is 0.205 e. The first-order valence-electron chi connectivity index (χ1n) is 3.63. The zero-order valence-corrected chi connectivity index (χ0v) is 7.13. The highest BCUT2D eigenvalue weighted by molar-refractivity contribution is 5.41. The van der Waals surface area contributed by atoms with E-state index in [1.165, 1.54) is 0 Å². The van der Waals surface area contributed by atoms with E-state index < -0.39 is 0 Å². The van der Waals surface area contributed by atoms with Crippen LogP contribution in [0.25, 0.3) is 4.85 Å². The molecule has 0 atom stereocenters. The average Bonchev–Trinajstić information content (AvgIpc) is 2.10. The summed E-state index contributed by atoms with van der Waals surface area (Å²) in [7, 11) is 0. The van der Waals surface area contributed by atoms with Gasteiger partial charge in [0.15, 0.2) is 0 Å². The van der Waals surface area contributed by atoms with Gasteiger partial charge >= 0.3 is 0 Å². The Bertz CT molecular complexity index is 231. The standard InChI is InChI=1S/C7H6N2.C2H6/c1-6-3-4-7(8-2)5-9-6;1-2/h3-5H,1H3;1-2H3. The molecule has 0 aliphatic carbocycles. The van der Waals surface area contributed by atoms with Gasteiger partial charge in [0, 0.05) is 11.9 Å². The number of aromatic nitrogens is 1. The minimum absolute atomic E-state index is 0.598. The molecule has 2 heteroatoms. The topological polar surface area (TPSA) is 17.2 Å². The van der Waals surface area contributed by atoms with E-state index in [2.05, 4.69) is 9.83 Å². The second-order valence-electron chi connectivity index (χ2n) is 1.77. The first-order valence-corrected chi connectivity index (χ1v) is 3.63. The van der Waals surface area contributed by atoms with Crippen LogP contribution < -0.4 is 0 Å². The minimum atomic E-state index is 0.598. The van der Waals surface area contributed by atoms with E-state index in [0.29, 0.717) is 5.69 Å². The van der Waals surface area contributed by atoms with Crippen molar-refractivity contribution in [3.05, 3.63) is 35.4 Å². The molecule has 0 amide bonds. The molecular weight excluding hydrogens is 136 g/mol. The van der Waals surface area contributed by atoms with E-state index in [1.54, 1.807) is 12.3 Å². The Morgan fingerprint density at radius 2 is 2.00 bits per heavy atom. The Kier molecular flexibility index (Phi) is 4.76. The van der Waals surface area contributed by atoms with Gasteiger partial charge in [-0.25, -0.2) is 4.85 Å². The van der Waals surface area contributed by atoms with Crippen LogP contribution in [0.1, 0.15) is 19.5 Å². The van der Waals surface area contributed by atoms with Gasteiger partial charge in [0.05, 0.1) is 6.57 Å². The van der Waals surface area contributed by atoms with Crippen LogP contribution in [0.15, 0.2) is 18.3 Å². The molecule has 0 aromatic carbocycles. The number of nitrogens with zero attached hydrogens (tertiary/aromatic N) is 2. The maximum absolute atomic E-state index is 6.60. The lowest BCUT2D eigenvalue weighted by atomic mass is 10.3. The van der Waals surface area contributed by atoms with Gasteiger partial charge in [0.25, 0.3) is 0 Å². The van der Waals surface area contributed by atoms with Crippen LogP contribution in [-0.2, 0) is 0 Å². The first kappa shape index (κ1) is 9.64. The number of aryl methyl sites for hydroxylation is 1. The molecule has 0 unspecified atom stereocenters. The smallest absolute Gasteiger partial charge is 0.205 e. The van der Waals surface area contributed by atoms with E-state index >= 15 is 0 Å². The van der Waals surface area contributed by atoms with Gasteiger partial charge in [-0.05, 0) is 6.92 Å². The summed E-state index contributed by atoms with van der Waals surface area (Å²) in [5.41, 5.74) is 1.54. The lowest BCUT2D eigenvalue weighted by molar-refractivity contribution is 1.21. The summed E-state index contributed by atoms with van der Waals surface area (Å²) >= 11 is 0. The van der Waals surface area contributed by atoms with Crippen molar-refractivity contribution in [3.8, 4) is 0 Å². The van der Waals surface area contributed by atoms with E-state index in [-0.39, 0.29) is 0 Å². The van der Waals surface area contributed by atoms with Crippen molar-refractivity contribution in [3.63, 3.8) is 0 Å². The van der Waals surface area contributed by atoms with Crippen molar-refractivity contribution in [1.29, 1.82) is 0 Å². The van der Waals surface area contributed by atoms with Gasteiger partial charge in [0.2, 0.25) is 5.69 Å². The first-order chi connectivity index (χ1) is 5.33. The Hall–Kier alpha value is -1.36. The average molecular weight is 148 g/mol. The highest BCUT2D eigenvalue weighted by Crippen LogP contribution is 2.07. The van der Waals surface area contributed by atoms with Crippen molar-refractivity contribution in [2.45, 2.75) is 20.8 Å². The number of pyridine rings is 1. The fourth-order valence-electron chi connectivity index (χ4n) is 0.526. The van der Waals surface area contributed by atoms with Crippen molar-refractivity contribution in [2.75, 3.05) is 0 Å². The van der Waals surface area contributed by atoms with Crippen molar-refractivity contribution in [1.82, 2.24) is 4.98 Å². The third-order valence-corrected chi connectivity index (χ3v) is 1.02. The molecule has 0 aliphatic heterocycles. The van der Waals surface area contributed by atoms with E-state index in [9.17, 15) is 0 Å². The highest BCUT2D eigenvalue weighted by atomic mass is 14.7. The van der Waals surface area contributed by atoms with Crippen LogP contribution >= 0.6 is 0 Å². The van der Waals surface area contributed by atoms with E-state index in [1.807, 2.05) is 26.8 Å². The van der Waals surface area contributed by atoms with Gasteiger partial charge in [-0.2, -0.15) is 0 Å². The maximum atomic E-state index is 6.60. The molecule has 0 N–H and O–H groups in total. The molecule has 1 heterocycles. The normalized spacial score (nSPS) is 7.45. The van der Waals surface area contributed by atoms with Gasteiger partial charge in [-0.15, -0.1) is 0 Å². The van der Waals surface area contributed by atoms with Crippen LogP contribution in [0.5, 0.6) is 0 Å². The molecule has 2 nitrogen and oxygen atoms in total. The molecule has 0 aliphatic rings. The fraction of sp³-hybridized carbons (Fsp3) is 0.333. The molecule has 0 spiro atoms. The molecule has 1 aromatic rings. The van der Waals surface area contributed by atoms with Crippen molar-refractivity contribution in [2.24, 2.45) is 0 Å². The highest BCUT2D eigenvalue weighted by Gasteiger charge is 1.86. The SMILES string of the molecule is CC.[C-]#[N+]c1ccc(C)nc1. The predicted octanol–water partition coefficient (Wildman–Crippen LogP) is 2.97. The van der Waals surface area contributed by atoms with Gasteiger partial charge in [-0.1, -0.05) is 26.0 Å². The Balaban J connectivity index is 0.000000461. The van der Waals surface area contributed by atoms with Crippen LogP contribution in [0.4, 0.5) is 5.69 Å². The minimum Gasteiger partial charge on any atom is -0.273 e. The molecule has 0 bridgehead atoms. The summed E-state index contributed by atoms with van der Waals surface area (Å²) in [6, 6.07) is 3.59. The molecule has 1 aromatic heterocycles. The number of hydrogen-bond donors (Lipinski definition) is 0. The summed E-state index contributed by atoms with van der Waals surface area (Å²) in [6.45, 7) is 12.5. The summed E-state index contributed by atoms with van der Waals surface area (Å²) < 4.78 is 0. The Morgan fingerprint density at radius 1 is 1.36 bits per heavy atom. The third kappa shape index (κ3) is 3.36. The molecular formula is C9H12N2. The van der Waals surface area contributed by atoms with Crippen LogP contribution in [0.2, 0.25) is 0 Å². The Morgan fingerprint density at radius 3 is 2.36 bits per heavy atom.